The summed E-state index contributed by atoms with van der Waals surface area (Å²) in [6.45, 7) is 5.72. The number of rotatable bonds is 11. The van der Waals surface area contributed by atoms with Crippen molar-refractivity contribution in [3.05, 3.63) is 155 Å². The van der Waals surface area contributed by atoms with Gasteiger partial charge in [-0.15, -0.1) is 0 Å². The standard InChI is InChI=1S/C40H30N4O4.C3H8/c41-23-29-1-7-33-21-35(11-9-31(33)19-29)39(45)43-25-27-3-13-37(14-4-27)47-17-18-48-38-15-5-28(6-16-38)26-44-40(46)36-12-10-32-20-30(24-42)2-8-34(32)22-36;1-3-2/h1-16,19-22H,17-18,25-26H2,(H,43,45)(H,44,46);3H2,1-2H3. The van der Waals surface area contributed by atoms with Crippen LogP contribution in [0.3, 0.4) is 0 Å². The average molecular weight is 675 g/mol. The summed E-state index contributed by atoms with van der Waals surface area (Å²) in [5, 5.41) is 27.7. The Morgan fingerprint density at radius 2 is 0.882 bits per heavy atom. The number of carbonyl (C=O) groups excluding carboxylic acids is 2. The average Bonchev–Trinajstić information content (AvgIpc) is 3.18. The monoisotopic (exact) mass is 674 g/mol. The molecule has 0 saturated heterocycles. The van der Waals surface area contributed by atoms with Crippen molar-refractivity contribution >= 4 is 33.4 Å². The first-order valence-electron chi connectivity index (χ1n) is 16.8. The first-order valence-corrected chi connectivity index (χ1v) is 16.8. The fraction of sp³-hybridized carbons (Fsp3) is 0.163. The minimum atomic E-state index is -0.171. The number of fused-ring (bicyclic) bond motifs is 2. The molecule has 0 aliphatic rings. The smallest absolute Gasteiger partial charge is 0.251 e. The lowest BCUT2D eigenvalue weighted by atomic mass is 10.0. The maximum Gasteiger partial charge on any atom is 0.251 e. The Morgan fingerprint density at radius 1 is 0.529 bits per heavy atom. The lowest BCUT2D eigenvalue weighted by Gasteiger charge is -2.11. The molecule has 0 aromatic heterocycles. The van der Waals surface area contributed by atoms with E-state index < -0.39 is 0 Å². The Balaban J connectivity index is 0.00000162. The Hall–Kier alpha value is -6.64. The first-order chi connectivity index (χ1) is 24.9. The number of nitrogens with one attached hydrogen (secondary N) is 2. The highest BCUT2D eigenvalue weighted by Crippen LogP contribution is 2.20. The van der Waals surface area contributed by atoms with E-state index in [1.54, 1.807) is 36.4 Å². The van der Waals surface area contributed by atoms with Crippen molar-refractivity contribution in [1.82, 2.24) is 10.6 Å². The maximum absolute atomic E-state index is 12.7. The normalized spacial score (nSPS) is 10.3. The second kappa shape index (κ2) is 17.7. The van der Waals surface area contributed by atoms with Crippen LogP contribution in [0.1, 0.15) is 63.2 Å². The molecule has 6 aromatic rings. The van der Waals surface area contributed by atoms with Crippen LogP contribution < -0.4 is 20.1 Å². The minimum absolute atomic E-state index is 0.171. The quantitative estimate of drug-likeness (QED) is 0.133. The Labute approximate surface area is 297 Å². The van der Waals surface area contributed by atoms with Crippen molar-refractivity contribution in [3.63, 3.8) is 0 Å². The molecule has 0 atom stereocenters. The van der Waals surface area contributed by atoms with Crippen LogP contribution in [0.25, 0.3) is 21.5 Å². The molecular formula is C43H38N4O4. The fourth-order valence-corrected chi connectivity index (χ4v) is 5.21. The molecule has 2 N–H and O–H groups in total. The predicted octanol–water partition coefficient (Wildman–Crippen LogP) is 8.47. The van der Waals surface area contributed by atoms with Crippen molar-refractivity contribution in [1.29, 1.82) is 10.5 Å². The molecule has 0 radical (unpaired) electrons. The van der Waals surface area contributed by atoms with Gasteiger partial charge in [-0.1, -0.05) is 68.8 Å². The second-order valence-electron chi connectivity index (χ2n) is 11.8. The van der Waals surface area contributed by atoms with E-state index in [0.717, 1.165) is 32.7 Å². The third kappa shape index (κ3) is 9.95. The summed E-state index contributed by atoms with van der Waals surface area (Å²) in [5.74, 6) is 1.05. The van der Waals surface area contributed by atoms with E-state index in [4.69, 9.17) is 20.0 Å². The van der Waals surface area contributed by atoms with Crippen LogP contribution in [-0.2, 0) is 13.1 Å². The van der Waals surface area contributed by atoms with Gasteiger partial charge in [0, 0.05) is 24.2 Å². The highest BCUT2D eigenvalue weighted by atomic mass is 16.5. The number of carbonyl (C=O) groups is 2. The number of benzene rings is 6. The van der Waals surface area contributed by atoms with Gasteiger partial charge < -0.3 is 20.1 Å². The molecule has 0 bridgehead atoms. The van der Waals surface area contributed by atoms with Crippen LogP contribution in [0, 0.1) is 22.7 Å². The van der Waals surface area contributed by atoms with E-state index in [0.29, 0.717) is 60.1 Å². The molecule has 0 saturated carbocycles. The van der Waals surface area contributed by atoms with Crippen molar-refractivity contribution in [3.8, 4) is 23.6 Å². The lowest BCUT2D eigenvalue weighted by Crippen LogP contribution is -2.22. The molecular weight excluding hydrogens is 636 g/mol. The van der Waals surface area contributed by atoms with Gasteiger partial charge in [-0.25, -0.2) is 0 Å². The lowest BCUT2D eigenvalue weighted by molar-refractivity contribution is 0.0943. The number of nitriles is 2. The molecule has 2 amide bonds. The number of hydrogen-bond acceptors (Lipinski definition) is 6. The molecule has 8 heteroatoms. The van der Waals surface area contributed by atoms with Gasteiger partial charge in [0.1, 0.15) is 24.7 Å². The fourth-order valence-electron chi connectivity index (χ4n) is 5.21. The molecule has 0 unspecified atom stereocenters. The van der Waals surface area contributed by atoms with E-state index >= 15 is 0 Å². The summed E-state index contributed by atoms with van der Waals surface area (Å²) in [6, 6.07) is 40.9. The zero-order valence-electron chi connectivity index (χ0n) is 28.6. The van der Waals surface area contributed by atoms with Crippen LogP contribution in [0.15, 0.2) is 121 Å². The van der Waals surface area contributed by atoms with Crippen molar-refractivity contribution in [2.75, 3.05) is 13.2 Å². The molecule has 8 nitrogen and oxygen atoms in total. The van der Waals surface area contributed by atoms with Gasteiger partial charge in [-0.05, 0) is 105 Å². The molecule has 0 spiro atoms. The van der Waals surface area contributed by atoms with Gasteiger partial charge in [0.15, 0.2) is 0 Å². The summed E-state index contributed by atoms with van der Waals surface area (Å²) >= 11 is 0. The van der Waals surface area contributed by atoms with E-state index in [1.807, 2.05) is 84.9 Å². The van der Waals surface area contributed by atoms with Crippen molar-refractivity contribution in [2.45, 2.75) is 33.4 Å². The molecule has 0 aliphatic heterocycles. The minimum Gasteiger partial charge on any atom is -0.490 e. The van der Waals surface area contributed by atoms with Crippen LogP contribution in [0.2, 0.25) is 0 Å². The number of amides is 2. The summed E-state index contributed by atoms with van der Waals surface area (Å²) in [7, 11) is 0. The summed E-state index contributed by atoms with van der Waals surface area (Å²) < 4.78 is 11.6. The topological polar surface area (TPSA) is 124 Å². The Kier molecular flexibility index (Phi) is 12.4. The zero-order valence-corrected chi connectivity index (χ0v) is 28.6. The van der Waals surface area contributed by atoms with E-state index in [1.165, 1.54) is 6.42 Å². The van der Waals surface area contributed by atoms with Crippen molar-refractivity contribution in [2.24, 2.45) is 0 Å². The summed E-state index contributed by atoms with van der Waals surface area (Å²) in [6.07, 6.45) is 1.25. The van der Waals surface area contributed by atoms with Crippen LogP contribution in [-0.4, -0.2) is 25.0 Å². The third-order valence-electron chi connectivity index (χ3n) is 7.84. The molecule has 6 aromatic carbocycles. The summed E-state index contributed by atoms with van der Waals surface area (Å²) in [5.41, 5.74) is 4.17. The van der Waals surface area contributed by atoms with Crippen LogP contribution in [0.5, 0.6) is 11.5 Å². The first kappa shape index (κ1) is 35.7. The number of hydrogen-bond donors (Lipinski definition) is 2. The van der Waals surface area contributed by atoms with Crippen molar-refractivity contribution < 1.29 is 19.1 Å². The van der Waals surface area contributed by atoms with Gasteiger partial charge in [0.2, 0.25) is 0 Å². The number of ether oxygens (including phenoxy) is 2. The van der Waals surface area contributed by atoms with Crippen LogP contribution >= 0.6 is 0 Å². The third-order valence-corrected chi connectivity index (χ3v) is 7.84. The molecule has 0 heterocycles. The van der Waals surface area contributed by atoms with E-state index in [9.17, 15) is 9.59 Å². The maximum atomic E-state index is 12.7. The highest BCUT2D eigenvalue weighted by molar-refractivity contribution is 5.99. The van der Waals surface area contributed by atoms with Crippen LogP contribution in [0.4, 0.5) is 0 Å². The molecule has 6 rings (SSSR count). The molecule has 254 valence electrons. The largest absolute Gasteiger partial charge is 0.490 e. The van der Waals surface area contributed by atoms with Gasteiger partial charge in [-0.2, -0.15) is 10.5 Å². The van der Waals surface area contributed by atoms with E-state index in [2.05, 4.69) is 36.6 Å². The van der Waals surface area contributed by atoms with Gasteiger partial charge in [0.05, 0.1) is 23.3 Å². The highest BCUT2D eigenvalue weighted by Gasteiger charge is 2.09. The zero-order chi connectivity index (χ0) is 36.0. The predicted molar refractivity (Wildman–Crippen MR) is 200 cm³/mol. The van der Waals surface area contributed by atoms with E-state index in [-0.39, 0.29) is 11.8 Å². The summed E-state index contributed by atoms with van der Waals surface area (Å²) in [4.78, 5) is 25.4. The molecule has 0 fully saturated rings. The van der Waals surface area contributed by atoms with Gasteiger partial charge >= 0.3 is 0 Å². The second-order valence-corrected chi connectivity index (χ2v) is 11.8. The number of nitrogens with zero attached hydrogens (tertiary/aromatic N) is 2. The molecule has 0 aliphatic carbocycles. The SMILES string of the molecule is CCC.N#Cc1ccc2cc(C(=O)NCc3ccc(OCCOc4ccc(CNC(=O)c5ccc6cc(C#N)ccc6c5)cc4)cc3)ccc2c1. The van der Waals surface area contributed by atoms with Gasteiger partial charge in [-0.3, -0.25) is 9.59 Å². The Morgan fingerprint density at radius 3 is 1.25 bits per heavy atom. The Bertz CT molecular complexity index is 2060. The van der Waals surface area contributed by atoms with Gasteiger partial charge in [0.25, 0.3) is 11.8 Å². The molecule has 51 heavy (non-hydrogen) atoms.